The number of halogens is 6. The lowest BCUT2D eigenvalue weighted by atomic mass is 10.0. The summed E-state index contributed by atoms with van der Waals surface area (Å²) in [6.07, 6.45) is -5.92. The zero-order valence-corrected chi connectivity index (χ0v) is 9.16. The van der Waals surface area contributed by atoms with Gasteiger partial charge in [0.15, 0.2) is 0 Å². The van der Waals surface area contributed by atoms with E-state index < -0.39 is 23.4 Å². The number of carbonyl (C=O) groups is 1. The van der Waals surface area contributed by atoms with Crippen LogP contribution in [0.1, 0.15) is 15.9 Å². The van der Waals surface area contributed by atoms with Gasteiger partial charge in [0.25, 0.3) is 0 Å². The van der Waals surface area contributed by atoms with Crippen LogP contribution < -0.4 is 0 Å². The molecule has 0 N–H and O–H groups in total. The van der Waals surface area contributed by atoms with E-state index in [9.17, 15) is 26.7 Å². The molecular formula is C10H6ClF5O. The fraction of sp³-hybridized carbons (Fsp3) is 0.300. The molecule has 1 aromatic carbocycles. The monoisotopic (exact) mass is 272 g/mol. The number of alkyl halides is 5. The third kappa shape index (κ3) is 2.41. The number of Topliss-reactive ketones (excluding diaryl/α,β-unsaturated/α-hetero) is 1. The SMILES string of the molecule is Cc1c(Cl)cccc1C(=O)C(F)(F)C(F)(F)F. The van der Waals surface area contributed by atoms with Crippen LogP contribution in [0.5, 0.6) is 0 Å². The third-order valence-corrected chi connectivity index (χ3v) is 2.56. The molecular weight excluding hydrogens is 267 g/mol. The first-order valence-electron chi connectivity index (χ1n) is 4.33. The summed E-state index contributed by atoms with van der Waals surface area (Å²) < 4.78 is 61.6. The maximum atomic E-state index is 12.8. The van der Waals surface area contributed by atoms with Crippen LogP contribution in [0, 0.1) is 6.92 Å². The Morgan fingerprint density at radius 2 is 1.71 bits per heavy atom. The molecule has 1 nitrogen and oxygen atoms in total. The average Bonchev–Trinajstić information content (AvgIpc) is 2.19. The maximum absolute atomic E-state index is 12.8. The molecule has 0 saturated carbocycles. The summed E-state index contributed by atoms with van der Waals surface area (Å²) in [5.41, 5.74) is -0.845. The molecule has 0 aromatic heterocycles. The Morgan fingerprint density at radius 3 is 2.18 bits per heavy atom. The van der Waals surface area contributed by atoms with Crippen LogP contribution in [0.4, 0.5) is 22.0 Å². The second-order valence-electron chi connectivity index (χ2n) is 3.31. The number of ketones is 1. The van der Waals surface area contributed by atoms with Crippen molar-refractivity contribution in [2.45, 2.75) is 19.0 Å². The Bertz CT molecular complexity index is 452. The van der Waals surface area contributed by atoms with Gasteiger partial charge < -0.3 is 0 Å². The van der Waals surface area contributed by atoms with Gasteiger partial charge in [-0.2, -0.15) is 22.0 Å². The molecule has 94 valence electrons. The van der Waals surface area contributed by atoms with E-state index in [2.05, 4.69) is 0 Å². The summed E-state index contributed by atoms with van der Waals surface area (Å²) in [6, 6.07) is 3.30. The number of rotatable bonds is 2. The lowest BCUT2D eigenvalue weighted by molar-refractivity contribution is -0.255. The number of carbonyl (C=O) groups excluding carboxylic acids is 1. The van der Waals surface area contributed by atoms with Gasteiger partial charge in [0, 0.05) is 10.6 Å². The zero-order chi connectivity index (χ0) is 13.4. The van der Waals surface area contributed by atoms with Gasteiger partial charge in [-0.25, -0.2) is 0 Å². The summed E-state index contributed by atoms with van der Waals surface area (Å²) in [5.74, 6) is -7.72. The van der Waals surface area contributed by atoms with Crippen LogP contribution in [0.2, 0.25) is 5.02 Å². The van der Waals surface area contributed by atoms with Crippen LogP contribution >= 0.6 is 11.6 Å². The molecule has 0 fully saturated rings. The minimum atomic E-state index is -5.92. The Balaban J connectivity index is 3.27. The standard InChI is InChI=1S/C10H6ClF5O/c1-5-6(3-2-4-7(5)11)8(17)9(12,13)10(14,15)16/h2-4H,1H3. The molecule has 0 aliphatic rings. The van der Waals surface area contributed by atoms with Crippen molar-refractivity contribution in [1.29, 1.82) is 0 Å². The molecule has 0 saturated heterocycles. The van der Waals surface area contributed by atoms with E-state index in [1.807, 2.05) is 0 Å². The maximum Gasteiger partial charge on any atom is 0.461 e. The Kier molecular flexibility index (Phi) is 3.47. The van der Waals surface area contributed by atoms with Gasteiger partial charge in [-0.15, -0.1) is 0 Å². The highest BCUT2D eigenvalue weighted by Crippen LogP contribution is 2.38. The van der Waals surface area contributed by atoms with Crippen LogP contribution in [-0.2, 0) is 0 Å². The van der Waals surface area contributed by atoms with Gasteiger partial charge in [0.05, 0.1) is 0 Å². The minimum absolute atomic E-state index is 0.0474. The molecule has 0 aliphatic heterocycles. The van der Waals surface area contributed by atoms with Gasteiger partial charge in [-0.3, -0.25) is 4.79 Å². The average molecular weight is 273 g/mol. The lowest BCUT2D eigenvalue weighted by Gasteiger charge is -2.19. The van der Waals surface area contributed by atoms with E-state index in [0.717, 1.165) is 12.1 Å². The van der Waals surface area contributed by atoms with E-state index in [1.165, 1.54) is 13.0 Å². The summed E-state index contributed by atoms with van der Waals surface area (Å²) in [5, 5.41) is -0.0474. The molecule has 0 aliphatic carbocycles. The van der Waals surface area contributed by atoms with E-state index in [0.29, 0.717) is 0 Å². The van der Waals surface area contributed by atoms with Crippen molar-refractivity contribution >= 4 is 17.4 Å². The molecule has 7 heteroatoms. The fourth-order valence-electron chi connectivity index (χ4n) is 1.15. The Hall–Kier alpha value is -1.17. The Morgan fingerprint density at radius 1 is 1.18 bits per heavy atom. The number of benzene rings is 1. The molecule has 1 aromatic rings. The molecule has 0 heterocycles. The van der Waals surface area contributed by atoms with Crippen molar-refractivity contribution < 1.29 is 26.7 Å². The third-order valence-electron chi connectivity index (χ3n) is 2.15. The largest absolute Gasteiger partial charge is 0.461 e. The first kappa shape index (κ1) is 13.9. The first-order valence-corrected chi connectivity index (χ1v) is 4.71. The smallest absolute Gasteiger partial charge is 0.287 e. The molecule has 0 spiro atoms. The van der Waals surface area contributed by atoms with E-state index in [1.54, 1.807) is 0 Å². The van der Waals surface area contributed by atoms with Gasteiger partial charge >= 0.3 is 12.1 Å². The van der Waals surface area contributed by atoms with Crippen molar-refractivity contribution in [3.05, 3.63) is 34.3 Å². The lowest BCUT2D eigenvalue weighted by Crippen LogP contribution is -2.44. The summed E-state index contributed by atoms with van der Waals surface area (Å²) in [6.45, 7) is 1.20. The van der Waals surface area contributed by atoms with Crippen molar-refractivity contribution in [1.82, 2.24) is 0 Å². The zero-order valence-electron chi connectivity index (χ0n) is 8.41. The predicted octanol–water partition coefficient (Wildman–Crippen LogP) is 4.03. The predicted molar refractivity (Wildman–Crippen MR) is 51.5 cm³/mol. The van der Waals surface area contributed by atoms with Crippen LogP contribution in [0.25, 0.3) is 0 Å². The molecule has 17 heavy (non-hydrogen) atoms. The fourth-order valence-corrected chi connectivity index (χ4v) is 1.33. The quantitative estimate of drug-likeness (QED) is 0.587. The highest BCUT2D eigenvalue weighted by Gasteiger charge is 2.63. The summed E-state index contributed by atoms with van der Waals surface area (Å²) in [4.78, 5) is 11.2. The summed E-state index contributed by atoms with van der Waals surface area (Å²) >= 11 is 5.54. The van der Waals surface area contributed by atoms with Crippen LogP contribution in [0.15, 0.2) is 18.2 Å². The van der Waals surface area contributed by atoms with Crippen molar-refractivity contribution in [2.75, 3.05) is 0 Å². The highest BCUT2D eigenvalue weighted by molar-refractivity contribution is 6.32. The van der Waals surface area contributed by atoms with Gasteiger partial charge in [0.2, 0.25) is 5.78 Å². The second kappa shape index (κ2) is 4.25. The van der Waals surface area contributed by atoms with Crippen LogP contribution in [-0.4, -0.2) is 17.9 Å². The van der Waals surface area contributed by atoms with E-state index in [4.69, 9.17) is 11.6 Å². The Labute approximate surface area is 98.2 Å². The van der Waals surface area contributed by atoms with Gasteiger partial charge in [0.1, 0.15) is 0 Å². The first-order chi connectivity index (χ1) is 7.59. The second-order valence-corrected chi connectivity index (χ2v) is 3.72. The van der Waals surface area contributed by atoms with Gasteiger partial charge in [-0.1, -0.05) is 23.7 Å². The van der Waals surface area contributed by atoms with Crippen molar-refractivity contribution in [3.8, 4) is 0 Å². The van der Waals surface area contributed by atoms with E-state index >= 15 is 0 Å². The number of hydrogen-bond donors (Lipinski definition) is 0. The number of hydrogen-bond acceptors (Lipinski definition) is 1. The molecule has 0 unspecified atom stereocenters. The van der Waals surface area contributed by atoms with Gasteiger partial charge in [-0.05, 0) is 18.6 Å². The van der Waals surface area contributed by atoms with Crippen LogP contribution in [0.3, 0.4) is 0 Å². The minimum Gasteiger partial charge on any atom is -0.287 e. The highest BCUT2D eigenvalue weighted by atomic mass is 35.5. The molecule has 0 amide bonds. The normalized spacial score (nSPS) is 12.6. The molecule has 0 atom stereocenters. The van der Waals surface area contributed by atoms with E-state index in [-0.39, 0.29) is 10.6 Å². The van der Waals surface area contributed by atoms with Crippen molar-refractivity contribution in [2.24, 2.45) is 0 Å². The topological polar surface area (TPSA) is 17.1 Å². The summed E-state index contributed by atoms with van der Waals surface area (Å²) in [7, 11) is 0. The molecule has 0 radical (unpaired) electrons. The molecule has 1 rings (SSSR count). The van der Waals surface area contributed by atoms with Crippen molar-refractivity contribution in [3.63, 3.8) is 0 Å². The molecule has 0 bridgehead atoms.